The number of rotatable bonds is 11. The van der Waals surface area contributed by atoms with E-state index in [0.717, 1.165) is 45.8 Å². The predicted octanol–water partition coefficient (Wildman–Crippen LogP) is 2.83. The van der Waals surface area contributed by atoms with Gasteiger partial charge in [-0.15, -0.1) is 0 Å². The largest absolute Gasteiger partial charge is 0.382 e. The number of likely N-dealkylation sites (N-methyl/N-ethyl adjacent to an activating group) is 1. The van der Waals surface area contributed by atoms with E-state index in [9.17, 15) is 0 Å². The normalized spacial score (nSPS) is 11.2. The van der Waals surface area contributed by atoms with Gasteiger partial charge < -0.3 is 15.0 Å². The van der Waals surface area contributed by atoms with E-state index in [2.05, 4.69) is 48.5 Å². The maximum absolute atomic E-state index is 5.32. The van der Waals surface area contributed by atoms with E-state index >= 15 is 0 Å². The summed E-state index contributed by atoms with van der Waals surface area (Å²) in [5, 5.41) is 3.50. The van der Waals surface area contributed by atoms with Crippen LogP contribution in [0.5, 0.6) is 0 Å². The lowest BCUT2D eigenvalue weighted by Gasteiger charge is -2.18. The van der Waals surface area contributed by atoms with Crippen LogP contribution in [0.25, 0.3) is 0 Å². The van der Waals surface area contributed by atoms with Crippen molar-refractivity contribution in [2.24, 2.45) is 0 Å². The molecule has 0 heterocycles. The van der Waals surface area contributed by atoms with Gasteiger partial charge in [0.1, 0.15) is 0 Å². The SMILES string of the molecule is CCOCCCCNCCN(C)Cc1ccccc1C. The summed E-state index contributed by atoms with van der Waals surface area (Å²) in [7, 11) is 2.18. The van der Waals surface area contributed by atoms with E-state index in [1.807, 2.05) is 6.92 Å². The summed E-state index contributed by atoms with van der Waals surface area (Å²) >= 11 is 0. The Morgan fingerprint density at radius 1 is 1.15 bits per heavy atom. The molecule has 0 radical (unpaired) electrons. The van der Waals surface area contributed by atoms with Gasteiger partial charge in [0.25, 0.3) is 0 Å². The van der Waals surface area contributed by atoms with Crippen molar-refractivity contribution >= 4 is 0 Å². The highest BCUT2D eigenvalue weighted by atomic mass is 16.5. The van der Waals surface area contributed by atoms with Gasteiger partial charge in [-0.05, 0) is 51.4 Å². The average molecular weight is 278 g/mol. The molecule has 0 amide bonds. The van der Waals surface area contributed by atoms with Gasteiger partial charge in [0.05, 0.1) is 0 Å². The first kappa shape index (κ1) is 17.2. The first-order valence-electron chi connectivity index (χ1n) is 7.75. The van der Waals surface area contributed by atoms with Crippen LogP contribution in [0.2, 0.25) is 0 Å². The first-order chi connectivity index (χ1) is 9.74. The van der Waals surface area contributed by atoms with Gasteiger partial charge in [-0.25, -0.2) is 0 Å². The molecule has 0 fully saturated rings. The van der Waals surface area contributed by atoms with E-state index in [4.69, 9.17) is 4.74 Å². The second-order valence-corrected chi connectivity index (χ2v) is 5.32. The maximum atomic E-state index is 5.32. The highest BCUT2D eigenvalue weighted by Crippen LogP contribution is 2.08. The number of hydrogen-bond acceptors (Lipinski definition) is 3. The smallest absolute Gasteiger partial charge is 0.0466 e. The summed E-state index contributed by atoms with van der Waals surface area (Å²) in [6.45, 7) is 10.2. The Morgan fingerprint density at radius 2 is 1.95 bits per heavy atom. The molecule has 1 aromatic carbocycles. The van der Waals surface area contributed by atoms with E-state index in [-0.39, 0.29) is 0 Å². The van der Waals surface area contributed by atoms with Crippen LogP contribution in [-0.2, 0) is 11.3 Å². The Kier molecular flexibility index (Phi) is 9.29. The molecule has 0 saturated heterocycles. The lowest BCUT2D eigenvalue weighted by Crippen LogP contribution is -2.29. The molecular formula is C17H30N2O. The summed E-state index contributed by atoms with van der Waals surface area (Å²) in [5.74, 6) is 0. The second-order valence-electron chi connectivity index (χ2n) is 5.32. The molecule has 0 aromatic heterocycles. The third-order valence-electron chi connectivity index (χ3n) is 3.47. The van der Waals surface area contributed by atoms with Gasteiger partial charge in [-0.1, -0.05) is 24.3 Å². The van der Waals surface area contributed by atoms with E-state index in [1.54, 1.807) is 0 Å². The summed E-state index contributed by atoms with van der Waals surface area (Å²) in [6.07, 6.45) is 2.35. The van der Waals surface area contributed by atoms with Crippen molar-refractivity contribution in [2.45, 2.75) is 33.2 Å². The Balaban J connectivity index is 2.03. The van der Waals surface area contributed by atoms with Crippen molar-refractivity contribution in [1.29, 1.82) is 0 Å². The van der Waals surface area contributed by atoms with Crippen molar-refractivity contribution in [1.82, 2.24) is 10.2 Å². The zero-order chi connectivity index (χ0) is 14.6. The fourth-order valence-electron chi connectivity index (χ4n) is 2.15. The lowest BCUT2D eigenvalue weighted by atomic mass is 10.1. The van der Waals surface area contributed by atoms with Crippen molar-refractivity contribution in [3.63, 3.8) is 0 Å². The van der Waals surface area contributed by atoms with Gasteiger partial charge in [0, 0.05) is 32.8 Å². The molecule has 0 bridgehead atoms. The number of unbranched alkanes of at least 4 members (excludes halogenated alkanes) is 1. The zero-order valence-corrected chi connectivity index (χ0v) is 13.3. The van der Waals surface area contributed by atoms with Crippen molar-refractivity contribution in [3.8, 4) is 0 Å². The van der Waals surface area contributed by atoms with E-state index in [0.29, 0.717) is 0 Å². The molecule has 3 heteroatoms. The highest BCUT2D eigenvalue weighted by molar-refractivity contribution is 5.25. The van der Waals surface area contributed by atoms with E-state index < -0.39 is 0 Å². The molecule has 0 aliphatic heterocycles. The summed E-state index contributed by atoms with van der Waals surface area (Å²) in [4.78, 5) is 2.37. The third kappa shape index (κ3) is 7.63. The van der Waals surface area contributed by atoms with Gasteiger partial charge in [-0.2, -0.15) is 0 Å². The van der Waals surface area contributed by atoms with Crippen LogP contribution in [0, 0.1) is 6.92 Å². The van der Waals surface area contributed by atoms with E-state index in [1.165, 1.54) is 17.5 Å². The molecule has 0 aliphatic carbocycles. The predicted molar refractivity (Wildman–Crippen MR) is 86.1 cm³/mol. The van der Waals surface area contributed by atoms with Crippen LogP contribution in [0.15, 0.2) is 24.3 Å². The Bertz CT molecular complexity index is 355. The molecule has 20 heavy (non-hydrogen) atoms. The van der Waals surface area contributed by atoms with Gasteiger partial charge in [0.15, 0.2) is 0 Å². The number of ether oxygens (including phenoxy) is 1. The highest BCUT2D eigenvalue weighted by Gasteiger charge is 2.02. The van der Waals surface area contributed by atoms with Crippen LogP contribution in [0.4, 0.5) is 0 Å². The minimum atomic E-state index is 0.830. The number of nitrogens with zero attached hydrogens (tertiary/aromatic N) is 1. The van der Waals surface area contributed by atoms with Crippen molar-refractivity contribution in [3.05, 3.63) is 35.4 Å². The molecule has 114 valence electrons. The minimum Gasteiger partial charge on any atom is -0.382 e. The fourth-order valence-corrected chi connectivity index (χ4v) is 2.15. The maximum Gasteiger partial charge on any atom is 0.0466 e. The Morgan fingerprint density at radius 3 is 2.70 bits per heavy atom. The van der Waals surface area contributed by atoms with Crippen LogP contribution >= 0.6 is 0 Å². The number of benzene rings is 1. The lowest BCUT2D eigenvalue weighted by molar-refractivity contribution is 0.143. The minimum absolute atomic E-state index is 0.830. The quantitative estimate of drug-likeness (QED) is 0.630. The molecule has 1 N–H and O–H groups in total. The second kappa shape index (κ2) is 10.8. The fraction of sp³-hybridized carbons (Fsp3) is 0.647. The molecule has 1 aromatic rings. The molecule has 3 nitrogen and oxygen atoms in total. The molecule has 0 unspecified atom stereocenters. The average Bonchev–Trinajstić information content (AvgIpc) is 2.44. The van der Waals surface area contributed by atoms with Crippen LogP contribution in [0.1, 0.15) is 30.9 Å². The number of aryl methyl sites for hydroxylation is 1. The van der Waals surface area contributed by atoms with Crippen LogP contribution < -0.4 is 5.32 Å². The molecule has 1 rings (SSSR count). The first-order valence-corrected chi connectivity index (χ1v) is 7.75. The van der Waals surface area contributed by atoms with Gasteiger partial charge >= 0.3 is 0 Å². The molecule has 0 atom stereocenters. The monoisotopic (exact) mass is 278 g/mol. The summed E-state index contributed by atoms with van der Waals surface area (Å²) in [6, 6.07) is 8.61. The molecular weight excluding hydrogens is 248 g/mol. The van der Waals surface area contributed by atoms with Gasteiger partial charge in [-0.3, -0.25) is 0 Å². The standard InChI is InChI=1S/C17H30N2O/c1-4-20-14-8-7-11-18-12-13-19(3)15-17-10-6-5-9-16(17)2/h5-6,9-10,18H,4,7-8,11-15H2,1-3H3. The third-order valence-corrected chi connectivity index (χ3v) is 3.47. The zero-order valence-electron chi connectivity index (χ0n) is 13.3. The van der Waals surface area contributed by atoms with Crippen LogP contribution in [0.3, 0.4) is 0 Å². The number of nitrogens with one attached hydrogen (secondary N) is 1. The molecule has 0 aliphatic rings. The van der Waals surface area contributed by atoms with Crippen molar-refractivity contribution in [2.75, 3.05) is 39.9 Å². The Hall–Kier alpha value is -0.900. The topological polar surface area (TPSA) is 24.5 Å². The molecule has 0 spiro atoms. The van der Waals surface area contributed by atoms with Crippen molar-refractivity contribution < 1.29 is 4.74 Å². The summed E-state index contributed by atoms with van der Waals surface area (Å²) < 4.78 is 5.32. The number of hydrogen-bond donors (Lipinski definition) is 1. The summed E-state index contributed by atoms with van der Waals surface area (Å²) in [5.41, 5.74) is 2.80. The van der Waals surface area contributed by atoms with Gasteiger partial charge in [0.2, 0.25) is 0 Å². The van der Waals surface area contributed by atoms with Crippen LogP contribution in [-0.4, -0.2) is 44.8 Å². The molecule has 0 saturated carbocycles. The Labute approximate surface area is 124 Å².